The van der Waals surface area contributed by atoms with Gasteiger partial charge in [0.05, 0.1) is 24.0 Å². The number of aryl methyl sites for hydroxylation is 1. The van der Waals surface area contributed by atoms with Gasteiger partial charge in [-0.25, -0.2) is 0 Å². The monoisotopic (exact) mass is 365 g/mol. The number of likely N-dealkylation sites (tertiary alicyclic amines) is 1. The molecule has 0 unspecified atom stereocenters. The predicted octanol–water partition coefficient (Wildman–Crippen LogP) is 3.04. The minimum absolute atomic E-state index is 0.0264. The number of ether oxygens (including phenoxy) is 1. The fourth-order valence-corrected chi connectivity index (χ4v) is 3.96. The lowest BCUT2D eigenvalue weighted by Crippen LogP contribution is -2.59. The summed E-state index contributed by atoms with van der Waals surface area (Å²) in [5, 5.41) is 6.42. The Morgan fingerprint density at radius 3 is 2.48 bits per heavy atom. The van der Waals surface area contributed by atoms with Crippen LogP contribution in [-0.4, -0.2) is 42.5 Å². The number of rotatable bonds is 2. The molecule has 0 atom stereocenters. The van der Waals surface area contributed by atoms with Crippen LogP contribution in [-0.2, 0) is 4.79 Å². The van der Waals surface area contributed by atoms with E-state index >= 15 is 0 Å². The standard InChI is InChI=1S/C21H23N3O3/c1-14-6-5-7-15(18(14)27-2)19(25)24-12-10-21(11-13-24)20(26)22-16-8-3-4-9-17(16)23-21/h3-9,23H,10-13H2,1-2H3,(H,22,26). The highest BCUT2D eigenvalue weighted by atomic mass is 16.5. The lowest BCUT2D eigenvalue weighted by Gasteiger charge is -2.44. The largest absolute Gasteiger partial charge is 0.496 e. The van der Waals surface area contributed by atoms with Gasteiger partial charge in [-0.2, -0.15) is 0 Å². The van der Waals surface area contributed by atoms with Crippen molar-refractivity contribution in [2.45, 2.75) is 25.3 Å². The number of methoxy groups -OCH3 is 1. The summed E-state index contributed by atoms with van der Waals surface area (Å²) in [4.78, 5) is 27.5. The van der Waals surface area contributed by atoms with Crippen LogP contribution >= 0.6 is 0 Å². The van der Waals surface area contributed by atoms with E-state index in [0.29, 0.717) is 37.2 Å². The smallest absolute Gasteiger partial charge is 0.257 e. The van der Waals surface area contributed by atoms with E-state index in [0.717, 1.165) is 16.9 Å². The Bertz CT molecular complexity index is 901. The van der Waals surface area contributed by atoms with E-state index in [-0.39, 0.29) is 11.8 Å². The van der Waals surface area contributed by atoms with Crippen LogP contribution in [0.5, 0.6) is 5.75 Å². The molecule has 0 bridgehead atoms. The Kier molecular flexibility index (Phi) is 4.26. The van der Waals surface area contributed by atoms with Crippen LogP contribution in [0.4, 0.5) is 11.4 Å². The number of nitrogens with zero attached hydrogens (tertiary/aromatic N) is 1. The summed E-state index contributed by atoms with van der Waals surface area (Å²) in [7, 11) is 1.58. The molecule has 1 saturated heterocycles. The number of para-hydroxylation sites is 3. The van der Waals surface area contributed by atoms with Crippen molar-refractivity contribution in [2.24, 2.45) is 0 Å². The third kappa shape index (κ3) is 2.91. The van der Waals surface area contributed by atoms with E-state index in [4.69, 9.17) is 4.74 Å². The maximum atomic E-state index is 13.0. The van der Waals surface area contributed by atoms with Crippen LogP contribution in [0.25, 0.3) is 0 Å². The number of nitrogens with one attached hydrogen (secondary N) is 2. The number of piperidine rings is 1. The van der Waals surface area contributed by atoms with Crippen molar-refractivity contribution >= 4 is 23.2 Å². The topological polar surface area (TPSA) is 70.7 Å². The maximum Gasteiger partial charge on any atom is 0.257 e. The van der Waals surface area contributed by atoms with Gasteiger partial charge in [-0.15, -0.1) is 0 Å². The van der Waals surface area contributed by atoms with Gasteiger partial charge in [0.25, 0.3) is 5.91 Å². The van der Waals surface area contributed by atoms with Gasteiger partial charge in [-0.05, 0) is 43.5 Å². The molecule has 2 amide bonds. The molecule has 6 nitrogen and oxygen atoms in total. The van der Waals surface area contributed by atoms with Crippen molar-refractivity contribution in [2.75, 3.05) is 30.8 Å². The van der Waals surface area contributed by atoms with Gasteiger partial charge in [-0.1, -0.05) is 24.3 Å². The summed E-state index contributed by atoms with van der Waals surface area (Å²) in [6.45, 7) is 2.95. The zero-order valence-corrected chi connectivity index (χ0v) is 15.5. The Morgan fingerprint density at radius 1 is 1.07 bits per heavy atom. The molecule has 0 aliphatic carbocycles. The SMILES string of the molecule is COc1c(C)cccc1C(=O)N1CCC2(CC1)Nc1ccccc1NC2=O. The second kappa shape index (κ2) is 6.61. The van der Waals surface area contributed by atoms with E-state index < -0.39 is 5.54 Å². The molecule has 140 valence electrons. The van der Waals surface area contributed by atoms with Crippen LogP contribution < -0.4 is 15.4 Å². The summed E-state index contributed by atoms with van der Waals surface area (Å²) in [5.74, 6) is 0.536. The molecule has 2 aliphatic heterocycles. The average Bonchev–Trinajstić information content (AvgIpc) is 2.69. The quantitative estimate of drug-likeness (QED) is 0.858. The molecule has 27 heavy (non-hydrogen) atoms. The van der Waals surface area contributed by atoms with E-state index in [1.807, 2.05) is 43.3 Å². The normalized spacial score (nSPS) is 17.7. The van der Waals surface area contributed by atoms with Crippen LogP contribution in [0.2, 0.25) is 0 Å². The van der Waals surface area contributed by atoms with Gasteiger partial charge in [0, 0.05) is 13.1 Å². The second-order valence-corrected chi connectivity index (χ2v) is 7.15. The third-order valence-corrected chi connectivity index (χ3v) is 5.53. The third-order valence-electron chi connectivity index (χ3n) is 5.53. The molecular formula is C21H23N3O3. The van der Waals surface area contributed by atoms with Crippen molar-refractivity contribution in [3.8, 4) is 5.75 Å². The molecule has 2 aromatic carbocycles. The van der Waals surface area contributed by atoms with E-state index in [1.165, 1.54) is 0 Å². The summed E-state index contributed by atoms with van der Waals surface area (Å²) < 4.78 is 5.43. The molecule has 1 fully saturated rings. The van der Waals surface area contributed by atoms with E-state index in [1.54, 1.807) is 18.1 Å². The Morgan fingerprint density at radius 2 is 1.78 bits per heavy atom. The van der Waals surface area contributed by atoms with Gasteiger partial charge in [-0.3, -0.25) is 9.59 Å². The number of carbonyl (C=O) groups excluding carboxylic acids is 2. The predicted molar refractivity (Wildman–Crippen MR) is 104 cm³/mol. The minimum Gasteiger partial charge on any atom is -0.496 e. The number of hydrogen-bond acceptors (Lipinski definition) is 4. The van der Waals surface area contributed by atoms with Crippen LogP contribution in [0.1, 0.15) is 28.8 Å². The molecule has 2 heterocycles. The first-order valence-electron chi connectivity index (χ1n) is 9.16. The average molecular weight is 365 g/mol. The van der Waals surface area contributed by atoms with E-state index in [9.17, 15) is 9.59 Å². The van der Waals surface area contributed by atoms with Crippen LogP contribution in [0.15, 0.2) is 42.5 Å². The molecule has 0 radical (unpaired) electrons. The van der Waals surface area contributed by atoms with Crippen molar-refractivity contribution in [3.05, 3.63) is 53.6 Å². The highest BCUT2D eigenvalue weighted by Gasteiger charge is 2.45. The van der Waals surface area contributed by atoms with Gasteiger partial charge in [0.1, 0.15) is 11.3 Å². The van der Waals surface area contributed by atoms with Gasteiger partial charge >= 0.3 is 0 Å². The fraction of sp³-hybridized carbons (Fsp3) is 0.333. The van der Waals surface area contributed by atoms with Crippen molar-refractivity contribution < 1.29 is 14.3 Å². The summed E-state index contributed by atoms with van der Waals surface area (Å²) in [6.07, 6.45) is 1.13. The fourth-order valence-electron chi connectivity index (χ4n) is 3.96. The van der Waals surface area contributed by atoms with Crippen molar-refractivity contribution in [3.63, 3.8) is 0 Å². The number of carbonyl (C=O) groups is 2. The molecule has 2 aromatic rings. The molecule has 1 spiro atoms. The summed E-state index contributed by atoms with van der Waals surface area (Å²) in [6, 6.07) is 13.3. The van der Waals surface area contributed by atoms with Crippen LogP contribution in [0.3, 0.4) is 0 Å². The lowest BCUT2D eigenvalue weighted by atomic mass is 9.84. The minimum atomic E-state index is -0.665. The molecule has 0 saturated carbocycles. The number of amides is 2. The number of anilines is 2. The first-order valence-corrected chi connectivity index (χ1v) is 9.16. The Labute approximate surface area is 158 Å². The Balaban J connectivity index is 1.52. The van der Waals surface area contributed by atoms with Crippen molar-refractivity contribution in [1.82, 2.24) is 4.90 Å². The Hall–Kier alpha value is -3.02. The summed E-state index contributed by atoms with van der Waals surface area (Å²) >= 11 is 0. The maximum absolute atomic E-state index is 13.0. The molecule has 0 aromatic heterocycles. The van der Waals surface area contributed by atoms with Gasteiger partial charge in [0.15, 0.2) is 0 Å². The molecule has 2 N–H and O–H groups in total. The van der Waals surface area contributed by atoms with Crippen LogP contribution in [0, 0.1) is 6.92 Å². The number of fused-ring (bicyclic) bond motifs is 1. The first-order chi connectivity index (χ1) is 13.0. The molecule has 6 heteroatoms. The molecular weight excluding hydrogens is 342 g/mol. The van der Waals surface area contributed by atoms with Gasteiger partial charge < -0.3 is 20.3 Å². The lowest BCUT2D eigenvalue weighted by molar-refractivity contribution is -0.122. The second-order valence-electron chi connectivity index (χ2n) is 7.15. The summed E-state index contributed by atoms with van der Waals surface area (Å²) in [5.41, 5.74) is 2.57. The highest BCUT2D eigenvalue weighted by molar-refractivity contribution is 6.06. The van der Waals surface area contributed by atoms with Gasteiger partial charge in [0.2, 0.25) is 5.91 Å². The molecule has 2 aliphatic rings. The van der Waals surface area contributed by atoms with E-state index in [2.05, 4.69) is 10.6 Å². The van der Waals surface area contributed by atoms with Crippen molar-refractivity contribution in [1.29, 1.82) is 0 Å². The zero-order chi connectivity index (χ0) is 19.0. The highest BCUT2D eigenvalue weighted by Crippen LogP contribution is 2.37. The number of hydrogen-bond donors (Lipinski definition) is 2. The molecule has 4 rings (SSSR count). The number of benzene rings is 2. The first kappa shape index (κ1) is 17.4. The zero-order valence-electron chi connectivity index (χ0n) is 15.5.